The summed E-state index contributed by atoms with van der Waals surface area (Å²) in [6.45, 7) is 4.62. The van der Waals surface area contributed by atoms with Crippen LogP contribution in [0.15, 0.2) is 48.5 Å². The molecule has 2 atom stereocenters. The molecule has 0 aliphatic heterocycles. The van der Waals surface area contributed by atoms with Crippen molar-refractivity contribution in [1.82, 2.24) is 0 Å². The third-order valence-electron chi connectivity index (χ3n) is 6.43. The quantitative estimate of drug-likeness (QED) is 0.177. The zero-order chi connectivity index (χ0) is 33.6. The summed E-state index contributed by atoms with van der Waals surface area (Å²) in [7, 11) is 0. The van der Waals surface area contributed by atoms with Crippen LogP contribution in [0.3, 0.4) is 0 Å². The number of rotatable bonds is 6. The Morgan fingerprint density at radius 2 is 1.51 bits per heavy atom. The van der Waals surface area contributed by atoms with Crippen molar-refractivity contribution < 1.29 is 45.5 Å². The first-order chi connectivity index (χ1) is 20.7. The van der Waals surface area contributed by atoms with Gasteiger partial charge < -0.3 is 15.4 Å². The number of ether oxygens (including phenoxy) is 1. The van der Waals surface area contributed by atoms with Gasteiger partial charge in [0, 0.05) is 11.6 Å². The fourth-order valence-corrected chi connectivity index (χ4v) is 5.41. The van der Waals surface area contributed by atoms with E-state index in [4.69, 9.17) is 39.5 Å². The van der Waals surface area contributed by atoms with Gasteiger partial charge in [-0.3, -0.25) is 14.9 Å². The van der Waals surface area contributed by atoms with Crippen LogP contribution in [0.4, 0.5) is 48.2 Å². The number of hydrogen-bond acceptors (Lipinski definition) is 4. The van der Waals surface area contributed by atoms with E-state index >= 15 is 4.39 Å². The summed E-state index contributed by atoms with van der Waals surface area (Å²) in [6, 6.07) is 7.47. The van der Waals surface area contributed by atoms with Gasteiger partial charge in [-0.15, -0.1) is 23.2 Å². The number of carbonyl (C=O) groups is 3. The molecule has 240 valence electrons. The molecule has 1 saturated carbocycles. The predicted octanol–water partition coefficient (Wildman–Crippen LogP) is 8.90. The lowest BCUT2D eigenvalue weighted by Gasteiger charge is -2.20. The van der Waals surface area contributed by atoms with Gasteiger partial charge in [-0.1, -0.05) is 17.7 Å². The Labute approximate surface area is 267 Å². The third kappa shape index (κ3) is 7.59. The van der Waals surface area contributed by atoms with E-state index in [1.165, 1.54) is 12.1 Å². The van der Waals surface area contributed by atoms with Crippen LogP contribution >= 0.6 is 34.8 Å². The first kappa shape index (κ1) is 34.2. The molecule has 1 aliphatic rings. The fraction of sp³-hybridized carbons (Fsp3) is 0.276. The number of amides is 3. The zero-order valence-electron chi connectivity index (χ0n) is 23.3. The van der Waals surface area contributed by atoms with Crippen LogP contribution in [0.25, 0.3) is 0 Å². The highest BCUT2D eigenvalue weighted by atomic mass is 35.5. The normalized spacial score (nSPS) is 17.3. The molecular formula is C29H22Cl3F6N3O4. The van der Waals surface area contributed by atoms with Gasteiger partial charge in [-0.25, -0.2) is 18.0 Å². The van der Waals surface area contributed by atoms with Crippen LogP contribution in [0.2, 0.25) is 5.02 Å². The molecule has 7 nitrogen and oxygen atoms in total. The van der Waals surface area contributed by atoms with Gasteiger partial charge >= 0.3 is 12.3 Å². The Morgan fingerprint density at radius 1 is 0.867 bits per heavy atom. The first-order valence-electron chi connectivity index (χ1n) is 12.8. The summed E-state index contributed by atoms with van der Waals surface area (Å²) >= 11 is 18.6. The molecule has 3 aromatic carbocycles. The van der Waals surface area contributed by atoms with Crippen LogP contribution in [-0.2, 0) is 15.7 Å². The van der Waals surface area contributed by atoms with Gasteiger partial charge in [0.1, 0.15) is 27.3 Å². The highest BCUT2D eigenvalue weighted by Crippen LogP contribution is 2.65. The van der Waals surface area contributed by atoms with Gasteiger partial charge in [0.25, 0.3) is 5.91 Å². The van der Waals surface area contributed by atoms with Crippen LogP contribution in [0.1, 0.15) is 48.2 Å². The molecule has 0 radical (unpaired) electrons. The summed E-state index contributed by atoms with van der Waals surface area (Å²) in [6.07, 6.45) is -6.15. The Balaban J connectivity index is 1.51. The second kappa shape index (κ2) is 12.3. The smallest absolute Gasteiger partial charge is 0.419 e. The Morgan fingerprint density at radius 3 is 2.13 bits per heavy atom. The van der Waals surface area contributed by atoms with Gasteiger partial charge in [-0.05, 0) is 68.8 Å². The van der Waals surface area contributed by atoms with Crippen LogP contribution < -0.4 is 16.0 Å². The maximum Gasteiger partial charge on any atom is 0.419 e. The second-order valence-corrected chi connectivity index (χ2v) is 12.8. The molecule has 3 aromatic rings. The lowest BCUT2D eigenvalue weighted by atomic mass is 10.0. The topological polar surface area (TPSA) is 96.5 Å². The maximum atomic E-state index is 15.1. The minimum Gasteiger partial charge on any atom is -0.444 e. The van der Waals surface area contributed by atoms with Crippen LogP contribution in [0.5, 0.6) is 0 Å². The van der Waals surface area contributed by atoms with E-state index < -0.39 is 80.2 Å². The Hall–Kier alpha value is -3.68. The molecule has 0 unspecified atom stereocenters. The molecule has 1 aliphatic carbocycles. The van der Waals surface area contributed by atoms with E-state index in [2.05, 4.69) is 10.6 Å². The van der Waals surface area contributed by atoms with Gasteiger partial charge in [-0.2, -0.15) is 13.2 Å². The van der Waals surface area contributed by atoms with Crippen molar-refractivity contribution in [3.63, 3.8) is 0 Å². The average Bonchev–Trinajstić information content (AvgIpc) is 3.49. The number of carbonyl (C=O) groups excluding carboxylic acids is 3. The minimum absolute atomic E-state index is 0.0220. The minimum atomic E-state index is -5.00. The monoisotopic (exact) mass is 695 g/mol. The van der Waals surface area contributed by atoms with Gasteiger partial charge in [0.05, 0.1) is 27.8 Å². The maximum absolute atomic E-state index is 15.1. The molecule has 3 amide bonds. The van der Waals surface area contributed by atoms with Gasteiger partial charge in [0.15, 0.2) is 5.82 Å². The number of alkyl halides is 5. The van der Waals surface area contributed by atoms with Gasteiger partial charge in [0.2, 0.25) is 5.91 Å². The van der Waals surface area contributed by atoms with Crippen molar-refractivity contribution in [2.24, 2.45) is 5.92 Å². The molecule has 3 N–H and O–H groups in total. The van der Waals surface area contributed by atoms with Crippen LogP contribution in [0, 0.1) is 23.4 Å². The Bertz CT molecular complexity index is 1690. The standard InChI is InChI=1S/C29H22Cl3F6N3O4/c1-27(2,3)45-26(44)41-23-18(34)8-9-19(22(23)35)40-24(42)14-11-13(5-6-16(14)30)39-25(43)21-20(28(21,31)32)12-4-7-17(33)15(10-12)29(36,37)38/h4-11,20-21H,1-3H3,(H,39,43)(H,40,42)(H,41,44)/t20-,21+/m1/s1. The van der Waals surface area contributed by atoms with Crippen molar-refractivity contribution in [2.45, 2.75) is 42.8 Å². The third-order valence-corrected chi connectivity index (χ3v) is 7.70. The van der Waals surface area contributed by atoms with Crippen LogP contribution in [-0.4, -0.2) is 27.8 Å². The second-order valence-electron chi connectivity index (χ2n) is 10.9. The molecule has 0 saturated heterocycles. The van der Waals surface area contributed by atoms with Crippen molar-refractivity contribution >= 4 is 69.8 Å². The molecule has 0 bridgehead atoms. The fourth-order valence-electron chi connectivity index (χ4n) is 4.38. The molecule has 0 aromatic heterocycles. The summed E-state index contributed by atoms with van der Waals surface area (Å²) in [5, 5.41) is 6.45. The highest BCUT2D eigenvalue weighted by Gasteiger charge is 2.67. The lowest BCUT2D eigenvalue weighted by molar-refractivity contribution is -0.140. The zero-order valence-corrected chi connectivity index (χ0v) is 25.6. The summed E-state index contributed by atoms with van der Waals surface area (Å²) in [5.74, 6) is -8.20. The van der Waals surface area contributed by atoms with Crippen molar-refractivity contribution in [3.05, 3.63) is 87.7 Å². The number of anilines is 3. The lowest BCUT2D eigenvalue weighted by Crippen LogP contribution is -2.28. The Kier molecular flexibility index (Phi) is 9.31. The average molecular weight is 697 g/mol. The number of hydrogen-bond donors (Lipinski definition) is 3. The van der Waals surface area contributed by atoms with E-state index in [1.54, 1.807) is 20.8 Å². The largest absolute Gasteiger partial charge is 0.444 e. The molecule has 1 fully saturated rings. The van der Waals surface area contributed by atoms with E-state index in [9.17, 15) is 36.3 Å². The molecule has 45 heavy (non-hydrogen) atoms. The van der Waals surface area contributed by atoms with Crippen molar-refractivity contribution in [1.29, 1.82) is 0 Å². The first-order valence-corrected chi connectivity index (χ1v) is 14.0. The SMILES string of the molecule is CC(C)(C)OC(=O)Nc1c(F)ccc(NC(=O)c2cc(NC(=O)[C@@H]3[C@@H](c4ccc(F)c(C(F)(F)F)c4)C3(Cl)Cl)ccc2Cl)c1F. The summed E-state index contributed by atoms with van der Waals surface area (Å²) in [5.41, 5.74) is -4.35. The van der Waals surface area contributed by atoms with E-state index in [-0.39, 0.29) is 21.8 Å². The van der Waals surface area contributed by atoms with Crippen molar-refractivity contribution in [2.75, 3.05) is 16.0 Å². The summed E-state index contributed by atoms with van der Waals surface area (Å²) in [4.78, 5) is 38.1. The van der Waals surface area contributed by atoms with Crippen molar-refractivity contribution in [3.8, 4) is 0 Å². The van der Waals surface area contributed by atoms with E-state index in [0.717, 1.165) is 24.3 Å². The highest BCUT2D eigenvalue weighted by molar-refractivity contribution is 6.53. The van der Waals surface area contributed by atoms with E-state index in [0.29, 0.717) is 12.1 Å². The molecule has 16 heteroatoms. The molecule has 4 rings (SSSR count). The number of nitrogens with one attached hydrogen (secondary N) is 3. The molecule has 0 spiro atoms. The molecule has 0 heterocycles. The van der Waals surface area contributed by atoms with E-state index in [1.807, 2.05) is 5.32 Å². The molecular weight excluding hydrogens is 675 g/mol. The number of halogens is 9. The predicted molar refractivity (Wildman–Crippen MR) is 156 cm³/mol. The number of benzene rings is 3. The summed E-state index contributed by atoms with van der Waals surface area (Å²) < 4.78 is 85.9.